The van der Waals surface area contributed by atoms with E-state index in [2.05, 4.69) is 0 Å². The molecule has 2 aromatic carbocycles. The molecule has 162 valence electrons. The number of sulfonamides is 1. The van der Waals surface area contributed by atoms with Crippen LogP contribution in [-0.2, 0) is 19.9 Å². The highest BCUT2D eigenvalue weighted by molar-refractivity contribution is 7.91. The molecule has 7 nitrogen and oxygen atoms in total. The van der Waals surface area contributed by atoms with Gasteiger partial charge in [-0.3, -0.25) is 4.79 Å². The van der Waals surface area contributed by atoms with E-state index in [1.807, 2.05) is 0 Å². The van der Waals surface area contributed by atoms with Crippen molar-refractivity contribution in [1.29, 1.82) is 0 Å². The molecule has 0 radical (unpaired) electrons. The fourth-order valence-electron chi connectivity index (χ4n) is 3.58. The molecule has 0 aromatic heterocycles. The lowest BCUT2D eigenvalue weighted by molar-refractivity contribution is 0.0875. The van der Waals surface area contributed by atoms with E-state index in [1.165, 1.54) is 22.5 Å². The van der Waals surface area contributed by atoms with Crippen LogP contribution in [0.4, 0.5) is 0 Å². The number of nitrogens with zero attached hydrogens (tertiary/aromatic N) is 1. The maximum absolute atomic E-state index is 13.1. The number of sulfone groups is 1. The van der Waals surface area contributed by atoms with E-state index in [-0.39, 0.29) is 34.6 Å². The van der Waals surface area contributed by atoms with Crippen LogP contribution in [0.1, 0.15) is 28.8 Å². The summed E-state index contributed by atoms with van der Waals surface area (Å²) in [5.41, 5.74) is 1.06. The van der Waals surface area contributed by atoms with Gasteiger partial charge in [-0.25, -0.2) is 16.8 Å². The van der Waals surface area contributed by atoms with Crippen LogP contribution in [0, 0.1) is 12.8 Å². The van der Waals surface area contributed by atoms with E-state index >= 15 is 0 Å². The predicted molar refractivity (Wildman–Crippen MR) is 113 cm³/mol. The number of ether oxygens (including phenoxy) is 1. The number of carbonyl (C=O) groups excluding carboxylic acids is 1. The number of aryl methyl sites for hydroxylation is 1. The molecule has 1 heterocycles. The molecular weight excluding hydrogens is 426 g/mol. The zero-order chi connectivity index (χ0) is 22.1. The zero-order valence-electron chi connectivity index (χ0n) is 17.2. The quantitative estimate of drug-likeness (QED) is 0.627. The second-order valence-electron chi connectivity index (χ2n) is 7.47. The molecule has 0 saturated carbocycles. The third kappa shape index (κ3) is 4.58. The van der Waals surface area contributed by atoms with Crippen molar-refractivity contribution >= 4 is 25.6 Å². The number of methoxy groups -OCH3 is 1. The minimum absolute atomic E-state index is 0.00893. The molecule has 0 unspecified atom stereocenters. The largest absolute Gasteiger partial charge is 0.497 e. The van der Waals surface area contributed by atoms with E-state index in [0.717, 1.165) is 6.26 Å². The Morgan fingerprint density at radius 2 is 1.60 bits per heavy atom. The number of piperidine rings is 1. The fourth-order valence-corrected chi connectivity index (χ4v) is 6.02. The Hall–Kier alpha value is -2.23. The van der Waals surface area contributed by atoms with Gasteiger partial charge in [0.15, 0.2) is 15.6 Å². The summed E-state index contributed by atoms with van der Waals surface area (Å²) >= 11 is 0. The van der Waals surface area contributed by atoms with Crippen molar-refractivity contribution in [3.8, 4) is 5.75 Å². The SMILES string of the molecule is COc1ccc(C(=O)C2CCN(S(=O)(=O)c3cc(S(C)(=O)=O)ccc3C)CC2)cc1. The van der Waals surface area contributed by atoms with Crippen molar-refractivity contribution in [3.05, 3.63) is 53.6 Å². The first-order valence-corrected chi connectivity index (χ1v) is 12.9. The lowest BCUT2D eigenvalue weighted by Crippen LogP contribution is -2.40. The van der Waals surface area contributed by atoms with Gasteiger partial charge in [-0.2, -0.15) is 4.31 Å². The molecule has 2 aromatic rings. The number of Topliss-reactive ketones (excluding diaryl/α,β-unsaturated/α-hetero) is 1. The van der Waals surface area contributed by atoms with E-state index in [1.54, 1.807) is 38.3 Å². The van der Waals surface area contributed by atoms with Gasteiger partial charge < -0.3 is 4.74 Å². The molecule has 1 aliphatic heterocycles. The average Bonchev–Trinajstić information content (AvgIpc) is 2.72. The van der Waals surface area contributed by atoms with Crippen LogP contribution in [0.5, 0.6) is 5.75 Å². The van der Waals surface area contributed by atoms with Gasteiger partial charge in [-0.1, -0.05) is 6.07 Å². The van der Waals surface area contributed by atoms with Gasteiger partial charge in [0, 0.05) is 30.8 Å². The Morgan fingerprint density at radius 1 is 1.00 bits per heavy atom. The van der Waals surface area contributed by atoms with Crippen molar-refractivity contribution in [2.45, 2.75) is 29.6 Å². The van der Waals surface area contributed by atoms with Crippen LogP contribution >= 0.6 is 0 Å². The Labute approximate surface area is 177 Å². The smallest absolute Gasteiger partial charge is 0.243 e. The number of benzene rings is 2. The maximum atomic E-state index is 13.1. The summed E-state index contributed by atoms with van der Waals surface area (Å²) < 4.78 is 56.4. The number of hydrogen-bond acceptors (Lipinski definition) is 6. The van der Waals surface area contributed by atoms with E-state index in [9.17, 15) is 21.6 Å². The number of carbonyl (C=O) groups is 1. The minimum atomic E-state index is -3.86. The Kier molecular flexibility index (Phi) is 6.35. The van der Waals surface area contributed by atoms with Gasteiger partial charge in [-0.05, 0) is 61.7 Å². The van der Waals surface area contributed by atoms with Crippen LogP contribution in [0.25, 0.3) is 0 Å². The third-order valence-corrected chi connectivity index (χ3v) is 8.56. The normalized spacial score (nSPS) is 16.4. The first kappa shape index (κ1) is 22.5. The topological polar surface area (TPSA) is 97.8 Å². The molecule has 1 fully saturated rings. The molecule has 1 saturated heterocycles. The summed E-state index contributed by atoms with van der Waals surface area (Å²) in [4.78, 5) is 12.7. The summed E-state index contributed by atoms with van der Waals surface area (Å²) in [5.74, 6) is 0.400. The third-order valence-electron chi connectivity index (χ3n) is 5.40. The lowest BCUT2D eigenvalue weighted by atomic mass is 9.89. The average molecular weight is 452 g/mol. The minimum Gasteiger partial charge on any atom is -0.497 e. The van der Waals surface area contributed by atoms with Crippen molar-refractivity contribution in [2.24, 2.45) is 5.92 Å². The molecule has 0 N–H and O–H groups in total. The standard InChI is InChI=1S/C21H25NO6S2/c1-15-4-9-19(29(3,24)25)14-20(15)30(26,27)22-12-10-17(11-13-22)21(23)16-5-7-18(28-2)8-6-16/h4-9,14,17H,10-13H2,1-3H3. The van der Waals surface area contributed by atoms with Crippen molar-refractivity contribution < 1.29 is 26.4 Å². The van der Waals surface area contributed by atoms with Gasteiger partial charge in [0.05, 0.1) is 16.9 Å². The number of hydrogen-bond donors (Lipinski definition) is 0. The fraction of sp³-hybridized carbons (Fsp3) is 0.381. The van der Waals surface area contributed by atoms with Gasteiger partial charge in [0.25, 0.3) is 0 Å². The molecule has 1 aliphatic rings. The monoisotopic (exact) mass is 451 g/mol. The number of ketones is 1. The predicted octanol–water partition coefficient (Wildman–Crippen LogP) is 2.69. The van der Waals surface area contributed by atoms with Gasteiger partial charge in [0.1, 0.15) is 5.75 Å². The maximum Gasteiger partial charge on any atom is 0.243 e. The van der Waals surface area contributed by atoms with Gasteiger partial charge in [-0.15, -0.1) is 0 Å². The Bertz CT molecular complexity index is 1150. The van der Waals surface area contributed by atoms with E-state index in [4.69, 9.17) is 4.74 Å². The Balaban J connectivity index is 1.76. The summed E-state index contributed by atoms with van der Waals surface area (Å²) in [7, 11) is -5.83. The molecule has 30 heavy (non-hydrogen) atoms. The highest BCUT2D eigenvalue weighted by Gasteiger charge is 2.33. The van der Waals surface area contributed by atoms with Crippen LogP contribution < -0.4 is 4.74 Å². The van der Waals surface area contributed by atoms with Crippen LogP contribution in [0.15, 0.2) is 52.3 Å². The van der Waals surface area contributed by atoms with E-state index < -0.39 is 19.9 Å². The molecule has 0 atom stereocenters. The summed E-state index contributed by atoms with van der Waals surface area (Å²) in [5, 5.41) is 0. The molecule has 0 spiro atoms. The van der Waals surface area contributed by atoms with Crippen molar-refractivity contribution in [3.63, 3.8) is 0 Å². The molecule has 9 heteroatoms. The summed E-state index contributed by atoms with van der Waals surface area (Å²) in [6, 6.07) is 11.0. The molecule has 3 rings (SSSR count). The lowest BCUT2D eigenvalue weighted by Gasteiger charge is -2.31. The molecular formula is C21H25NO6S2. The highest BCUT2D eigenvalue weighted by atomic mass is 32.2. The van der Waals surface area contributed by atoms with E-state index in [0.29, 0.717) is 29.7 Å². The second kappa shape index (κ2) is 8.49. The Morgan fingerprint density at radius 3 is 2.13 bits per heavy atom. The molecule has 0 amide bonds. The summed E-state index contributed by atoms with van der Waals surface area (Å²) in [6.45, 7) is 2.05. The number of rotatable bonds is 6. The summed E-state index contributed by atoms with van der Waals surface area (Å²) in [6.07, 6.45) is 1.87. The molecule has 0 bridgehead atoms. The van der Waals surface area contributed by atoms with Crippen molar-refractivity contribution in [2.75, 3.05) is 26.5 Å². The first-order valence-electron chi connectivity index (χ1n) is 9.53. The first-order chi connectivity index (χ1) is 14.0. The van der Waals surface area contributed by atoms with Crippen molar-refractivity contribution in [1.82, 2.24) is 4.31 Å². The van der Waals surface area contributed by atoms with Gasteiger partial charge >= 0.3 is 0 Å². The highest BCUT2D eigenvalue weighted by Crippen LogP contribution is 2.29. The van der Waals surface area contributed by atoms with Crippen LogP contribution in [0.2, 0.25) is 0 Å². The van der Waals surface area contributed by atoms with Crippen LogP contribution in [0.3, 0.4) is 0 Å². The second-order valence-corrected chi connectivity index (χ2v) is 11.4. The molecule has 0 aliphatic carbocycles. The zero-order valence-corrected chi connectivity index (χ0v) is 18.8. The van der Waals surface area contributed by atoms with Crippen LogP contribution in [-0.4, -0.2) is 53.4 Å². The van der Waals surface area contributed by atoms with Gasteiger partial charge in [0.2, 0.25) is 10.0 Å².